The van der Waals surface area contributed by atoms with Crippen molar-refractivity contribution in [1.82, 2.24) is 9.78 Å². The molecule has 0 aliphatic rings. The fraction of sp³-hybridized carbons (Fsp3) is 0.0870. The lowest BCUT2D eigenvalue weighted by atomic mass is 10.1. The number of nitro benzene ring substituents is 3. The molecule has 4 aromatic rings. The molecule has 3 aromatic carbocycles. The van der Waals surface area contributed by atoms with Crippen LogP contribution in [0.15, 0.2) is 54.6 Å². The highest BCUT2D eigenvalue weighted by atomic mass is 16.6. The van der Waals surface area contributed by atoms with Crippen molar-refractivity contribution in [3.63, 3.8) is 0 Å². The Kier molecular flexibility index (Phi) is 5.60. The largest absolute Gasteiger partial charge is 0.290 e. The van der Waals surface area contributed by atoms with Gasteiger partial charge >= 0.3 is 0 Å². The van der Waals surface area contributed by atoms with Gasteiger partial charge in [0.05, 0.1) is 38.3 Å². The molecule has 0 unspecified atom stereocenters. The minimum Gasteiger partial charge on any atom is -0.258 e. The Labute approximate surface area is 192 Å². The predicted octanol–water partition coefficient (Wildman–Crippen LogP) is 5.54. The van der Waals surface area contributed by atoms with Crippen LogP contribution in [0.3, 0.4) is 0 Å². The lowest BCUT2D eigenvalue weighted by molar-refractivity contribution is -0.403. The van der Waals surface area contributed by atoms with Crippen LogP contribution in [0.5, 0.6) is 0 Å². The van der Waals surface area contributed by atoms with Gasteiger partial charge in [0.25, 0.3) is 17.1 Å². The molecule has 0 radical (unpaired) electrons. The van der Waals surface area contributed by atoms with Gasteiger partial charge in [-0.2, -0.15) is 5.10 Å². The Bertz CT molecular complexity index is 1480. The third-order valence-corrected chi connectivity index (χ3v) is 5.48. The van der Waals surface area contributed by atoms with Crippen LogP contribution in [0.1, 0.15) is 22.5 Å². The summed E-state index contributed by atoms with van der Waals surface area (Å²) in [5.74, 6) is 0. The van der Waals surface area contributed by atoms with Crippen LogP contribution < -0.4 is 0 Å². The number of hydrogen-bond donors (Lipinski definition) is 0. The second-order valence-electron chi connectivity index (χ2n) is 7.50. The highest BCUT2D eigenvalue weighted by Gasteiger charge is 2.29. The highest BCUT2D eigenvalue weighted by molar-refractivity contribution is 5.90. The number of benzene rings is 3. The Hall–Kier alpha value is -4.93. The summed E-state index contributed by atoms with van der Waals surface area (Å²) in [6.45, 7) is 3.58. The van der Waals surface area contributed by atoms with Gasteiger partial charge in [0.2, 0.25) is 0 Å². The van der Waals surface area contributed by atoms with Crippen molar-refractivity contribution < 1.29 is 14.8 Å². The Morgan fingerprint density at radius 2 is 1.38 bits per heavy atom. The van der Waals surface area contributed by atoms with E-state index in [1.165, 1.54) is 12.2 Å². The van der Waals surface area contributed by atoms with Crippen LogP contribution in [0.25, 0.3) is 28.6 Å². The quantitative estimate of drug-likeness (QED) is 0.272. The zero-order valence-corrected chi connectivity index (χ0v) is 18.0. The molecule has 1 aromatic heterocycles. The van der Waals surface area contributed by atoms with Crippen LogP contribution >= 0.6 is 0 Å². The van der Waals surface area contributed by atoms with Crippen LogP contribution in [0.2, 0.25) is 0 Å². The molecule has 11 nitrogen and oxygen atoms in total. The lowest BCUT2D eigenvalue weighted by Crippen LogP contribution is -2.00. The first-order chi connectivity index (χ1) is 16.2. The summed E-state index contributed by atoms with van der Waals surface area (Å²) in [4.78, 5) is 31.5. The Morgan fingerprint density at radius 1 is 0.794 bits per heavy atom. The van der Waals surface area contributed by atoms with E-state index in [0.29, 0.717) is 23.4 Å². The van der Waals surface area contributed by atoms with E-state index in [1.807, 2.05) is 49.4 Å². The highest BCUT2D eigenvalue weighted by Crippen LogP contribution is 2.35. The van der Waals surface area contributed by atoms with Crippen molar-refractivity contribution >= 4 is 40.0 Å². The Balaban J connectivity index is 1.86. The zero-order valence-electron chi connectivity index (χ0n) is 18.0. The van der Waals surface area contributed by atoms with Crippen molar-refractivity contribution in [2.75, 3.05) is 0 Å². The first kappa shape index (κ1) is 22.3. The number of hydrogen-bond acceptors (Lipinski definition) is 7. The molecule has 0 bridgehead atoms. The monoisotopic (exact) mass is 459 g/mol. The SMILES string of the molecule is Cc1nn(-c2cccc3ccccc23)c(C)c1/C=C/c1c([N+](=O)[O-])cc([N+](=O)[O-])cc1[N+](=O)[O-]. The van der Waals surface area contributed by atoms with E-state index < -0.39 is 31.8 Å². The fourth-order valence-electron chi connectivity index (χ4n) is 3.88. The van der Waals surface area contributed by atoms with Crippen molar-refractivity contribution in [3.8, 4) is 5.69 Å². The molecule has 170 valence electrons. The first-order valence-corrected chi connectivity index (χ1v) is 10.0. The van der Waals surface area contributed by atoms with E-state index in [2.05, 4.69) is 5.10 Å². The van der Waals surface area contributed by atoms with E-state index in [9.17, 15) is 30.3 Å². The molecular formula is C23H17N5O6. The summed E-state index contributed by atoms with van der Waals surface area (Å²) < 4.78 is 1.75. The number of nitro groups is 3. The minimum atomic E-state index is -0.907. The molecule has 0 aliphatic heterocycles. The van der Waals surface area contributed by atoms with Gasteiger partial charge in [0, 0.05) is 16.6 Å². The van der Waals surface area contributed by atoms with E-state index in [0.717, 1.165) is 22.2 Å². The van der Waals surface area contributed by atoms with Gasteiger partial charge in [0.15, 0.2) is 0 Å². The number of rotatable bonds is 6. The molecule has 11 heteroatoms. The third kappa shape index (κ3) is 3.86. The van der Waals surface area contributed by atoms with Gasteiger partial charge in [-0.15, -0.1) is 0 Å². The molecule has 34 heavy (non-hydrogen) atoms. The van der Waals surface area contributed by atoms with E-state index in [4.69, 9.17) is 0 Å². The second kappa shape index (κ2) is 8.54. The standard InChI is InChI=1S/C23H17N5O6/c1-14-18(15(2)25(24-14)21-9-5-7-16-6-3-4-8-19(16)21)10-11-20-22(27(31)32)12-17(26(29)30)13-23(20)28(33)34/h3-13H,1-2H3/b11-10+. The molecule has 4 rings (SSSR count). The van der Waals surface area contributed by atoms with Gasteiger partial charge in [-0.3, -0.25) is 30.3 Å². The maximum Gasteiger partial charge on any atom is 0.290 e. The van der Waals surface area contributed by atoms with Crippen molar-refractivity contribution in [1.29, 1.82) is 0 Å². The summed E-state index contributed by atoms with van der Waals surface area (Å²) >= 11 is 0. The van der Waals surface area contributed by atoms with E-state index >= 15 is 0 Å². The van der Waals surface area contributed by atoms with Crippen LogP contribution in [-0.4, -0.2) is 24.6 Å². The van der Waals surface area contributed by atoms with Crippen molar-refractivity contribution in [2.45, 2.75) is 13.8 Å². The number of nitrogens with zero attached hydrogens (tertiary/aromatic N) is 5. The molecule has 0 spiro atoms. The number of aromatic nitrogens is 2. The topological polar surface area (TPSA) is 147 Å². The van der Waals surface area contributed by atoms with Crippen LogP contribution in [-0.2, 0) is 0 Å². The maximum atomic E-state index is 11.5. The average molecular weight is 459 g/mol. The third-order valence-electron chi connectivity index (χ3n) is 5.48. The van der Waals surface area contributed by atoms with Crippen LogP contribution in [0.4, 0.5) is 17.1 Å². The molecular weight excluding hydrogens is 442 g/mol. The zero-order chi connectivity index (χ0) is 24.6. The average Bonchev–Trinajstić information content (AvgIpc) is 3.09. The number of non-ortho nitro benzene ring substituents is 1. The molecule has 0 N–H and O–H groups in total. The lowest BCUT2D eigenvalue weighted by Gasteiger charge is -2.08. The van der Waals surface area contributed by atoms with Gasteiger partial charge < -0.3 is 0 Å². The molecule has 0 atom stereocenters. The summed E-state index contributed by atoms with van der Waals surface area (Å²) in [6.07, 6.45) is 2.73. The fourth-order valence-corrected chi connectivity index (χ4v) is 3.88. The number of aryl methyl sites for hydroxylation is 1. The second-order valence-corrected chi connectivity index (χ2v) is 7.50. The van der Waals surface area contributed by atoms with E-state index in [-0.39, 0.29) is 5.56 Å². The first-order valence-electron chi connectivity index (χ1n) is 10.0. The molecule has 0 saturated carbocycles. The summed E-state index contributed by atoms with van der Waals surface area (Å²) in [5.41, 5.74) is 0.263. The molecule has 0 amide bonds. The number of fused-ring (bicyclic) bond motifs is 1. The Morgan fingerprint density at radius 3 is 2.00 bits per heavy atom. The maximum absolute atomic E-state index is 11.5. The molecule has 0 fully saturated rings. The van der Waals surface area contributed by atoms with Gasteiger partial charge in [-0.25, -0.2) is 4.68 Å². The molecule has 1 heterocycles. The van der Waals surface area contributed by atoms with Crippen molar-refractivity contribution in [3.05, 3.63) is 107 Å². The normalized spacial score (nSPS) is 11.2. The van der Waals surface area contributed by atoms with Gasteiger partial charge in [0.1, 0.15) is 5.56 Å². The summed E-state index contributed by atoms with van der Waals surface area (Å²) in [6, 6.07) is 15.1. The smallest absolute Gasteiger partial charge is 0.258 e. The van der Waals surface area contributed by atoms with Crippen LogP contribution in [0, 0.1) is 44.2 Å². The summed E-state index contributed by atoms with van der Waals surface area (Å²) in [7, 11) is 0. The molecule has 0 aliphatic carbocycles. The molecule has 0 saturated heterocycles. The summed E-state index contributed by atoms with van der Waals surface area (Å²) in [5, 5.41) is 40.8. The predicted molar refractivity (Wildman–Crippen MR) is 126 cm³/mol. The van der Waals surface area contributed by atoms with Gasteiger partial charge in [-0.05, 0) is 31.4 Å². The van der Waals surface area contributed by atoms with Crippen molar-refractivity contribution in [2.24, 2.45) is 0 Å². The van der Waals surface area contributed by atoms with Gasteiger partial charge in [-0.1, -0.05) is 42.5 Å². The minimum absolute atomic E-state index is 0.336. The van der Waals surface area contributed by atoms with E-state index in [1.54, 1.807) is 11.6 Å².